The van der Waals surface area contributed by atoms with Crippen LogP contribution in [0.25, 0.3) is 10.6 Å². The molecule has 138 valence electrons. The molecule has 3 rings (SSSR count). The Hall–Kier alpha value is -2.79. The zero-order valence-corrected chi connectivity index (χ0v) is 16.6. The van der Waals surface area contributed by atoms with Crippen molar-refractivity contribution < 1.29 is 14.3 Å². The van der Waals surface area contributed by atoms with Crippen LogP contribution in [0.2, 0.25) is 0 Å². The first-order chi connectivity index (χ1) is 12.8. The van der Waals surface area contributed by atoms with E-state index >= 15 is 0 Å². The van der Waals surface area contributed by atoms with Crippen molar-refractivity contribution in [3.8, 4) is 10.6 Å². The fourth-order valence-electron chi connectivity index (χ4n) is 2.60. The van der Waals surface area contributed by atoms with Gasteiger partial charge in [0.1, 0.15) is 5.01 Å². The Morgan fingerprint density at radius 1 is 1.00 bits per heavy atom. The van der Waals surface area contributed by atoms with Crippen molar-refractivity contribution in [2.45, 2.75) is 33.8 Å². The quantitative estimate of drug-likeness (QED) is 0.454. The summed E-state index contributed by atoms with van der Waals surface area (Å²) < 4.78 is 5.35. The largest absolute Gasteiger partial charge is 0.450 e. The fourth-order valence-corrected chi connectivity index (χ4v) is 3.40. The summed E-state index contributed by atoms with van der Waals surface area (Å²) in [7, 11) is 0. The van der Waals surface area contributed by atoms with Gasteiger partial charge in [0.25, 0.3) is 0 Å². The van der Waals surface area contributed by atoms with E-state index in [1.165, 1.54) is 11.3 Å². The molecule has 1 aromatic heterocycles. The lowest BCUT2D eigenvalue weighted by Gasteiger charge is -2.12. The van der Waals surface area contributed by atoms with E-state index in [0.717, 1.165) is 27.3 Å². The third-order valence-electron chi connectivity index (χ3n) is 4.46. The normalized spacial score (nSPS) is 11.9. The number of hydrogen-bond donors (Lipinski definition) is 0. The number of carbonyl (C=O) groups excluding carboxylic acids is 2. The molecule has 27 heavy (non-hydrogen) atoms. The maximum Gasteiger partial charge on any atom is 0.358 e. The third kappa shape index (κ3) is 4.31. The molecule has 0 fully saturated rings. The van der Waals surface area contributed by atoms with Gasteiger partial charge in [-0.1, -0.05) is 42.0 Å². The molecule has 0 amide bonds. The number of carbonyl (C=O) groups is 2. The van der Waals surface area contributed by atoms with E-state index in [9.17, 15) is 9.59 Å². The number of benzene rings is 2. The maximum atomic E-state index is 12.5. The zero-order valence-electron chi connectivity index (χ0n) is 15.8. The van der Waals surface area contributed by atoms with Gasteiger partial charge in [0.2, 0.25) is 5.78 Å². The Bertz CT molecular complexity index is 989. The minimum Gasteiger partial charge on any atom is -0.450 e. The van der Waals surface area contributed by atoms with Gasteiger partial charge in [0.15, 0.2) is 11.8 Å². The highest BCUT2D eigenvalue weighted by atomic mass is 32.1. The number of ether oxygens (including phenoxy) is 1. The number of esters is 1. The summed E-state index contributed by atoms with van der Waals surface area (Å²) in [6.07, 6.45) is -0.871. The van der Waals surface area contributed by atoms with Crippen LogP contribution in [0.5, 0.6) is 0 Å². The second-order valence-electron chi connectivity index (χ2n) is 6.61. The number of Topliss-reactive ketones (excluding diaryl/α,β-unsaturated/α-hetero) is 1. The molecule has 0 saturated carbocycles. The van der Waals surface area contributed by atoms with Gasteiger partial charge in [0, 0.05) is 16.5 Å². The minimum atomic E-state index is -0.871. The van der Waals surface area contributed by atoms with Crippen LogP contribution in [0.4, 0.5) is 0 Å². The minimum absolute atomic E-state index is 0.218. The molecule has 0 radical (unpaired) electrons. The first-order valence-corrected chi connectivity index (χ1v) is 9.58. The van der Waals surface area contributed by atoms with E-state index in [4.69, 9.17) is 4.74 Å². The number of aryl methyl sites for hydroxylation is 3. The Morgan fingerprint density at radius 2 is 1.70 bits per heavy atom. The first-order valence-electron chi connectivity index (χ1n) is 8.70. The van der Waals surface area contributed by atoms with Gasteiger partial charge < -0.3 is 4.74 Å². The number of aromatic nitrogens is 1. The number of hydrogen-bond acceptors (Lipinski definition) is 5. The molecule has 0 N–H and O–H groups in total. The highest BCUT2D eigenvalue weighted by Crippen LogP contribution is 2.24. The molecule has 0 aliphatic heterocycles. The summed E-state index contributed by atoms with van der Waals surface area (Å²) in [5.74, 6) is -0.810. The van der Waals surface area contributed by atoms with Crippen LogP contribution in [0.1, 0.15) is 44.5 Å². The maximum absolute atomic E-state index is 12.5. The summed E-state index contributed by atoms with van der Waals surface area (Å²) in [4.78, 5) is 29.3. The van der Waals surface area contributed by atoms with Gasteiger partial charge in [0.05, 0.1) is 0 Å². The van der Waals surface area contributed by atoms with Crippen LogP contribution < -0.4 is 0 Å². The fraction of sp³-hybridized carbons (Fsp3) is 0.227. The van der Waals surface area contributed by atoms with Crippen LogP contribution in [0.15, 0.2) is 47.8 Å². The van der Waals surface area contributed by atoms with Crippen LogP contribution in [0.3, 0.4) is 0 Å². The molecule has 4 nitrogen and oxygen atoms in total. The van der Waals surface area contributed by atoms with E-state index in [0.29, 0.717) is 5.56 Å². The zero-order chi connectivity index (χ0) is 19.6. The molecular formula is C22H21NO3S. The number of ketones is 1. The van der Waals surface area contributed by atoms with E-state index in [-0.39, 0.29) is 11.5 Å². The van der Waals surface area contributed by atoms with Gasteiger partial charge in [-0.3, -0.25) is 4.79 Å². The number of nitrogens with zero attached hydrogens (tertiary/aromatic N) is 1. The Balaban J connectivity index is 1.70. The molecule has 3 aromatic rings. The monoisotopic (exact) mass is 379 g/mol. The molecule has 0 saturated heterocycles. The second-order valence-corrected chi connectivity index (χ2v) is 7.47. The van der Waals surface area contributed by atoms with Crippen molar-refractivity contribution in [1.82, 2.24) is 4.98 Å². The molecule has 0 unspecified atom stereocenters. The predicted octanol–water partition coefficient (Wildman–Crippen LogP) is 5.16. The highest BCUT2D eigenvalue weighted by molar-refractivity contribution is 7.13. The van der Waals surface area contributed by atoms with Crippen molar-refractivity contribution in [2.75, 3.05) is 0 Å². The molecule has 1 heterocycles. The van der Waals surface area contributed by atoms with Crippen LogP contribution in [-0.4, -0.2) is 22.8 Å². The molecule has 5 heteroatoms. The van der Waals surface area contributed by atoms with Gasteiger partial charge in [-0.15, -0.1) is 11.3 Å². The van der Waals surface area contributed by atoms with Crippen molar-refractivity contribution >= 4 is 23.1 Å². The first kappa shape index (κ1) is 19.0. The summed E-state index contributed by atoms with van der Waals surface area (Å²) in [6, 6.07) is 13.4. The Kier molecular flexibility index (Phi) is 5.51. The predicted molar refractivity (Wildman–Crippen MR) is 107 cm³/mol. The van der Waals surface area contributed by atoms with E-state index in [1.54, 1.807) is 18.4 Å². The lowest BCUT2D eigenvalue weighted by Crippen LogP contribution is -2.24. The Morgan fingerprint density at radius 3 is 2.37 bits per heavy atom. The van der Waals surface area contributed by atoms with Gasteiger partial charge in [-0.25, -0.2) is 9.78 Å². The molecule has 0 spiro atoms. The number of rotatable bonds is 5. The summed E-state index contributed by atoms with van der Waals surface area (Å²) in [6.45, 7) is 7.54. The van der Waals surface area contributed by atoms with E-state index in [2.05, 4.69) is 4.98 Å². The SMILES string of the molecule is Cc1ccc(-c2nc(C(=O)O[C@@H](C)C(=O)c3ccc(C)c(C)c3)cs2)cc1. The molecule has 0 aliphatic carbocycles. The second kappa shape index (κ2) is 7.84. The Labute approximate surface area is 162 Å². The third-order valence-corrected chi connectivity index (χ3v) is 5.35. The van der Waals surface area contributed by atoms with E-state index < -0.39 is 12.1 Å². The van der Waals surface area contributed by atoms with Crippen LogP contribution in [0, 0.1) is 20.8 Å². The van der Waals surface area contributed by atoms with Crippen molar-refractivity contribution in [3.63, 3.8) is 0 Å². The highest BCUT2D eigenvalue weighted by Gasteiger charge is 2.22. The topological polar surface area (TPSA) is 56.3 Å². The summed E-state index contributed by atoms with van der Waals surface area (Å²) >= 11 is 1.38. The summed E-state index contributed by atoms with van der Waals surface area (Å²) in [5.41, 5.74) is 5.01. The molecular weight excluding hydrogens is 358 g/mol. The molecule has 2 aromatic carbocycles. The average molecular weight is 379 g/mol. The van der Waals surface area contributed by atoms with E-state index in [1.807, 2.05) is 57.2 Å². The van der Waals surface area contributed by atoms with Gasteiger partial charge in [-0.2, -0.15) is 0 Å². The van der Waals surface area contributed by atoms with Crippen molar-refractivity contribution in [1.29, 1.82) is 0 Å². The lowest BCUT2D eigenvalue weighted by atomic mass is 10.0. The van der Waals surface area contributed by atoms with Crippen LogP contribution in [-0.2, 0) is 4.74 Å². The average Bonchev–Trinajstić information content (AvgIpc) is 3.14. The summed E-state index contributed by atoms with van der Waals surface area (Å²) in [5, 5.41) is 2.40. The smallest absolute Gasteiger partial charge is 0.358 e. The van der Waals surface area contributed by atoms with Crippen LogP contribution >= 0.6 is 11.3 Å². The van der Waals surface area contributed by atoms with Gasteiger partial charge >= 0.3 is 5.97 Å². The standard InChI is InChI=1S/C22H21NO3S/c1-13-5-8-17(9-6-13)21-23-19(12-27-21)22(25)26-16(4)20(24)18-10-7-14(2)15(3)11-18/h5-12,16H,1-4H3/t16-/m0/s1. The van der Waals surface area contributed by atoms with Gasteiger partial charge in [-0.05, 0) is 44.9 Å². The molecule has 0 aliphatic rings. The lowest BCUT2D eigenvalue weighted by molar-refractivity contribution is 0.0314. The number of thiazole rings is 1. The van der Waals surface area contributed by atoms with Crippen molar-refractivity contribution in [2.24, 2.45) is 0 Å². The molecule has 1 atom stereocenters. The van der Waals surface area contributed by atoms with Crippen molar-refractivity contribution in [3.05, 3.63) is 75.8 Å². The molecule has 0 bridgehead atoms.